The first-order chi connectivity index (χ1) is 10.4. The van der Waals surface area contributed by atoms with E-state index in [1.165, 1.54) is 12.1 Å². The molecule has 0 bridgehead atoms. The molecule has 2 aromatic rings. The van der Waals surface area contributed by atoms with E-state index in [4.69, 9.17) is 17.3 Å². The smallest absolute Gasteiger partial charge is 0.252 e. The van der Waals surface area contributed by atoms with E-state index in [0.29, 0.717) is 0 Å². The number of nitrogens with zero attached hydrogens (tertiary/aromatic N) is 2. The first-order valence-corrected chi connectivity index (χ1v) is 6.46. The van der Waals surface area contributed by atoms with Crippen LogP contribution < -0.4 is 11.1 Å². The van der Waals surface area contributed by atoms with E-state index in [2.05, 4.69) is 15.5 Å². The van der Waals surface area contributed by atoms with Crippen LogP contribution in [0.4, 0.5) is 14.6 Å². The van der Waals surface area contributed by atoms with Crippen molar-refractivity contribution in [3.63, 3.8) is 0 Å². The number of amides is 1. The molecular weight excluding hydrogens is 318 g/mol. The highest BCUT2D eigenvalue weighted by molar-refractivity contribution is 6.29. The Morgan fingerprint density at radius 1 is 1.36 bits per heavy atom. The summed E-state index contributed by atoms with van der Waals surface area (Å²) in [6.45, 7) is -0.311. The zero-order chi connectivity index (χ0) is 16.3. The number of hydrogen-bond donors (Lipinski definition) is 3. The van der Waals surface area contributed by atoms with Crippen LogP contribution >= 0.6 is 11.6 Å². The van der Waals surface area contributed by atoms with Crippen LogP contribution in [-0.4, -0.2) is 27.8 Å². The van der Waals surface area contributed by atoms with Gasteiger partial charge in [0.15, 0.2) is 11.0 Å². The number of rotatable bonds is 5. The monoisotopic (exact) mass is 328 g/mol. The fourth-order valence-electron chi connectivity index (χ4n) is 1.81. The largest absolute Gasteiger partial charge is 0.386 e. The summed E-state index contributed by atoms with van der Waals surface area (Å²) in [5.41, 5.74) is 4.62. The van der Waals surface area contributed by atoms with Gasteiger partial charge in [-0.15, -0.1) is 10.2 Å². The lowest BCUT2D eigenvalue weighted by Crippen LogP contribution is -2.20. The van der Waals surface area contributed by atoms with Crippen molar-refractivity contribution in [3.8, 4) is 0 Å². The SMILES string of the molecule is NC(=O)c1cc(Cl)nnc1NCC(O)c1c(F)cccc1F. The second-order valence-corrected chi connectivity index (χ2v) is 4.71. The number of nitrogens with two attached hydrogens (primary N) is 1. The molecule has 6 nitrogen and oxygen atoms in total. The number of hydrogen-bond acceptors (Lipinski definition) is 5. The van der Waals surface area contributed by atoms with Crippen LogP contribution in [0.15, 0.2) is 24.3 Å². The van der Waals surface area contributed by atoms with Crippen molar-refractivity contribution >= 4 is 23.3 Å². The molecule has 0 spiro atoms. The number of aliphatic hydroxyl groups excluding tert-OH is 1. The molecule has 1 aromatic carbocycles. The van der Waals surface area contributed by atoms with E-state index in [1.54, 1.807) is 0 Å². The Labute approximate surface area is 128 Å². The summed E-state index contributed by atoms with van der Waals surface area (Å²) in [4.78, 5) is 11.3. The van der Waals surface area contributed by atoms with Gasteiger partial charge in [0.25, 0.3) is 5.91 Å². The summed E-state index contributed by atoms with van der Waals surface area (Å²) in [5, 5.41) is 19.6. The number of aromatic nitrogens is 2. The molecule has 2 rings (SSSR count). The normalized spacial score (nSPS) is 12.0. The molecule has 1 heterocycles. The fourth-order valence-corrected chi connectivity index (χ4v) is 1.96. The third-order valence-corrected chi connectivity index (χ3v) is 3.01. The number of benzene rings is 1. The molecule has 1 amide bonds. The molecule has 22 heavy (non-hydrogen) atoms. The van der Waals surface area contributed by atoms with Crippen LogP contribution in [0.25, 0.3) is 0 Å². The van der Waals surface area contributed by atoms with Gasteiger partial charge in [-0.3, -0.25) is 4.79 Å². The zero-order valence-electron chi connectivity index (χ0n) is 11.1. The Morgan fingerprint density at radius 2 is 2.00 bits per heavy atom. The van der Waals surface area contributed by atoms with Gasteiger partial charge in [0.1, 0.15) is 17.7 Å². The van der Waals surface area contributed by atoms with Crippen LogP contribution in [0.3, 0.4) is 0 Å². The number of aliphatic hydroxyl groups is 1. The van der Waals surface area contributed by atoms with Crippen molar-refractivity contribution in [2.24, 2.45) is 5.73 Å². The summed E-state index contributed by atoms with van der Waals surface area (Å²) in [6.07, 6.45) is -1.50. The van der Waals surface area contributed by atoms with Crippen molar-refractivity contribution in [1.82, 2.24) is 10.2 Å². The van der Waals surface area contributed by atoms with Gasteiger partial charge in [0.2, 0.25) is 0 Å². The molecule has 0 radical (unpaired) electrons. The molecular formula is C13H11ClF2N4O2. The van der Waals surface area contributed by atoms with Gasteiger partial charge in [-0.25, -0.2) is 8.78 Å². The number of anilines is 1. The Hall–Kier alpha value is -2.32. The van der Waals surface area contributed by atoms with Crippen molar-refractivity contribution in [2.45, 2.75) is 6.10 Å². The molecule has 0 saturated carbocycles. The summed E-state index contributed by atoms with van der Waals surface area (Å²) in [7, 11) is 0. The predicted octanol–water partition coefficient (Wildman–Crippen LogP) is 1.65. The van der Waals surface area contributed by atoms with Gasteiger partial charge < -0.3 is 16.2 Å². The van der Waals surface area contributed by atoms with Gasteiger partial charge in [-0.1, -0.05) is 17.7 Å². The number of carbonyl (C=O) groups excluding carboxylic acids is 1. The molecule has 116 valence electrons. The molecule has 4 N–H and O–H groups in total. The van der Waals surface area contributed by atoms with Crippen molar-refractivity contribution < 1.29 is 18.7 Å². The highest BCUT2D eigenvalue weighted by Crippen LogP contribution is 2.22. The summed E-state index contributed by atoms with van der Waals surface area (Å²) in [6, 6.07) is 4.43. The van der Waals surface area contributed by atoms with Gasteiger partial charge >= 0.3 is 0 Å². The summed E-state index contributed by atoms with van der Waals surface area (Å²) < 4.78 is 27.1. The maximum absolute atomic E-state index is 13.5. The minimum atomic E-state index is -1.50. The van der Waals surface area contributed by atoms with E-state index in [1.807, 2.05) is 0 Å². The molecule has 0 aliphatic rings. The molecule has 0 fully saturated rings. The topological polar surface area (TPSA) is 101 Å². The Bertz CT molecular complexity index is 694. The van der Waals surface area contributed by atoms with E-state index in [0.717, 1.165) is 12.1 Å². The van der Waals surface area contributed by atoms with Crippen LogP contribution in [-0.2, 0) is 0 Å². The quantitative estimate of drug-likeness (QED) is 0.774. The van der Waals surface area contributed by atoms with Crippen molar-refractivity contribution in [3.05, 3.63) is 52.2 Å². The summed E-state index contributed by atoms with van der Waals surface area (Å²) in [5.74, 6) is -2.63. The van der Waals surface area contributed by atoms with E-state index >= 15 is 0 Å². The van der Waals surface area contributed by atoms with E-state index in [9.17, 15) is 18.7 Å². The van der Waals surface area contributed by atoms with Gasteiger partial charge in [0, 0.05) is 6.54 Å². The van der Waals surface area contributed by atoms with Crippen molar-refractivity contribution in [1.29, 1.82) is 0 Å². The second kappa shape index (κ2) is 6.63. The Morgan fingerprint density at radius 3 is 2.59 bits per heavy atom. The van der Waals surface area contributed by atoms with Gasteiger partial charge in [-0.05, 0) is 18.2 Å². The van der Waals surface area contributed by atoms with Crippen LogP contribution in [0.5, 0.6) is 0 Å². The number of halogens is 3. The van der Waals surface area contributed by atoms with E-state index in [-0.39, 0.29) is 23.1 Å². The van der Waals surface area contributed by atoms with Crippen LogP contribution in [0.1, 0.15) is 22.0 Å². The van der Waals surface area contributed by atoms with Gasteiger partial charge in [0.05, 0.1) is 11.1 Å². The first kappa shape index (κ1) is 16.1. The minimum absolute atomic E-state index is 0.0416. The van der Waals surface area contributed by atoms with Gasteiger partial charge in [-0.2, -0.15) is 0 Å². The highest BCUT2D eigenvalue weighted by Gasteiger charge is 2.19. The average Bonchev–Trinajstić information content (AvgIpc) is 2.45. The van der Waals surface area contributed by atoms with Crippen LogP contribution in [0.2, 0.25) is 5.15 Å². The molecule has 9 heteroatoms. The molecule has 0 saturated heterocycles. The highest BCUT2D eigenvalue weighted by atomic mass is 35.5. The molecule has 0 aliphatic heterocycles. The second-order valence-electron chi connectivity index (χ2n) is 4.33. The first-order valence-electron chi connectivity index (χ1n) is 6.09. The fraction of sp³-hybridized carbons (Fsp3) is 0.154. The third-order valence-electron chi connectivity index (χ3n) is 2.83. The Kier molecular flexibility index (Phi) is 4.84. The average molecular weight is 329 g/mol. The lowest BCUT2D eigenvalue weighted by molar-refractivity contribution is 0.1000. The molecule has 0 aliphatic carbocycles. The number of nitrogens with one attached hydrogen (secondary N) is 1. The Balaban J connectivity index is 2.18. The predicted molar refractivity (Wildman–Crippen MR) is 75.4 cm³/mol. The number of carbonyl (C=O) groups is 1. The van der Waals surface area contributed by atoms with E-state index < -0.39 is 29.2 Å². The molecule has 1 unspecified atom stereocenters. The minimum Gasteiger partial charge on any atom is -0.386 e. The van der Waals surface area contributed by atoms with Crippen molar-refractivity contribution in [2.75, 3.05) is 11.9 Å². The standard InChI is InChI=1S/C13H11ClF2N4O2/c14-10-4-6(12(17)22)13(20-19-10)18-5-9(21)11-7(15)2-1-3-8(11)16/h1-4,9,21H,5H2,(H2,17,22)(H,18,20). The lowest BCUT2D eigenvalue weighted by Gasteiger charge is -2.15. The number of primary amides is 1. The maximum Gasteiger partial charge on any atom is 0.252 e. The van der Waals surface area contributed by atoms with Crippen LogP contribution in [0, 0.1) is 11.6 Å². The third kappa shape index (κ3) is 3.46. The molecule has 1 aromatic heterocycles. The zero-order valence-corrected chi connectivity index (χ0v) is 11.8. The maximum atomic E-state index is 13.5. The summed E-state index contributed by atoms with van der Waals surface area (Å²) >= 11 is 5.60. The lowest BCUT2D eigenvalue weighted by atomic mass is 10.1. The molecule has 1 atom stereocenters.